The van der Waals surface area contributed by atoms with E-state index in [0.717, 1.165) is 10.9 Å². The average Bonchev–Trinajstić information content (AvgIpc) is 2.33. The predicted octanol–water partition coefficient (Wildman–Crippen LogP) is 1.36. The predicted molar refractivity (Wildman–Crippen MR) is 61.1 cm³/mol. The summed E-state index contributed by atoms with van der Waals surface area (Å²) in [7, 11) is 3.23. The van der Waals surface area contributed by atoms with E-state index in [4.69, 9.17) is 4.74 Å². The first-order valence-corrected chi connectivity index (χ1v) is 4.80. The fourth-order valence-electron chi connectivity index (χ4n) is 1.69. The second-order valence-corrected chi connectivity index (χ2v) is 3.50. The minimum atomic E-state index is -0.195. The van der Waals surface area contributed by atoms with Crippen molar-refractivity contribution in [3.63, 3.8) is 0 Å². The number of hydrogen-bond acceptors (Lipinski definition) is 3. The Morgan fingerprint density at radius 1 is 1.31 bits per heavy atom. The van der Waals surface area contributed by atoms with Gasteiger partial charge >= 0.3 is 0 Å². The summed E-state index contributed by atoms with van der Waals surface area (Å²) in [5.74, 6) is 0.661. The van der Waals surface area contributed by atoms with Crippen LogP contribution in [0.1, 0.15) is 10.4 Å². The van der Waals surface area contributed by atoms with Crippen molar-refractivity contribution in [3.8, 4) is 5.75 Å². The molecular weight excluding hydrogens is 206 g/mol. The minimum absolute atomic E-state index is 0.195. The Bertz CT molecular complexity index is 613. The molecule has 0 spiro atoms. The number of fused-ring (bicyclic) bond motifs is 1. The van der Waals surface area contributed by atoms with E-state index in [2.05, 4.69) is 0 Å². The normalized spacial score (nSPS) is 10.4. The molecule has 0 saturated heterocycles. The quantitative estimate of drug-likeness (QED) is 0.713. The summed E-state index contributed by atoms with van der Waals surface area (Å²) in [6.45, 7) is 0. The van der Waals surface area contributed by atoms with Crippen molar-refractivity contribution in [3.05, 3.63) is 40.2 Å². The molecule has 16 heavy (non-hydrogen) atoms. The number of aromatic nitrogens is 1. The van der Waals surface area contributed by atoms with Crippen molar-refractivity contribution in [2.45, 2.75) is 0 Å². The molecule has 0 atom stereocenters. The van der Waals surface area contributed by atoms with E-state index >= 15 is 0 Å². The smallest absolute Gasteiger partial charge is 0.251 e. The second kappa shape index (κ2) is 3.81. The monoisotopic (exact) mass is 217 g/mol. The molecule has 1 aromatic carbocycles. The fourth-order valence-corrected chi connectivity index (χ4v) is 1.69. The molecule has 82 valence electrons. The highest BCUT2D eigenvalue weighted by molar-refractivity contribution is 5.97. The Morgan fingerprint density at radius 2 is 2.06 bits per heavy atom. The first kappa shape index (κ1) is 10.4. The SMILES string of the molecule is COc1ccc2c(c1)c(C=O)cc(=O)n2C. The molecule has 0 bridgehead atoms. The van der Waals surface area contributed by atoms with Crippen LogP contribution in [0, 0.1) is 0 Å². The van der Waals surface area contributed by atoms with E-state index in [9.17, 15) is 9.59 Å². The molecule has 4 nitrogen and oxygen atoms in total. The van der Waals surface area contributed by atoms with Crippen LogP contribution in [0.2, 0.25) is 0 Å². The highest BCUT2D eigenvalue weighted by atomic mass is 16.5. The van der Waals surface area contributed by atoms with E-state index in [-0.39, 0.29) is 5.56 Å². The lowest BCUT2D eigenvalue weighted by Gasteiger charge is -2.08. The molecule has 0 N–H and O–H groups in total. The van der Waals surface area contributed by atoms with Gasteiger partial charge in [-0.25, -0.2) is 0 Å². The molecule has 0 aliphatic carbocycles. The Morgan fingerprint density at radius 3 is 2.69 bits per heavy atom. The lowest BCUT2D eigenvalue weighted by Crippen LogP contribution is -2.17. The second-order valence-electron chi connectivity index (χ2n) is 3.50. The van der Waals surface area contributed by atoms with E-state index in [0.29, 0.717) is 17.6 Å². The molecule has 0 saturated carbocycles. The number of carbonyl (C=O) groups is 1. The van der Waals surface area contributed by atoms with Crippen molar-refractivity contribution in [1.82, 2.24) is 4.57 Å². The van der Waals surface area contributed by atoms with Gasteiger partial charge in [-0.1, -0.05) is 0 Å². The largest absolute Gasteiger partial charge is 0.497 e. The van der Waals surface area contributed by atoms with Gasteiger partial charge in [0.2, 0.25) is 0 Å². The lowest BCUT2D eigenvalue weighted by molar-refractivity contribution is 0.112. The first-order valence-electron chi connectivity index (χ1n) is 4.80. The van der Waals surface area contributed by atoms with Gasteiger partial charge in [-0.15, -0.1) is 0 Å². The third kappa shape index (κ3) is 1.48. The van der Waals surface area contributed by atoms with E-state index in [1.165, 1.54) is 10.6 Å². The Kier molecular flexibility index (Phi) is 2.48. The van der Waals surface area contributed by atoms with E-state index in [1.54, 1.807) is 32.4 Å². The van der Waals surface area contributed by atoms with Crippen LogP contribution in [0.5, 0.6) is 5.75 Å². The summed E-state index contributed by atoms with van der Waals surface area (Å²) in [4.78, 5) is 22.4. The van der Waals surface area contributed by atoms with Gasteiger partial charge in [0.05, 0.1) is 12.6 Å². The lowest BCUT2D eigenvalue weighted by atomic mass is 10.1. The number of benzene rings is 1. The number of hydrogen-bond donors (Lipinski definition) is 0. The van der Waals surface area contributed by atoms with E-state index in [1.807, 2.05) is 0 Å². The highest BCUT2D eigenvalue weighted by Crippen LogP contribution is 2.21. The number of nitrogens with zero attached hydrogens (tertiary/aromatic N) is 1. The highest BCUT2D eigenvalue weighted by Gasteiger charge is 2.06. The van der Waals surface area contributed by atoms with Crippen molar-refractivity contribution in [2.75, 3.05) is 7.11 Å². The first-order chi connectivity index (χ1) is 7.67. The van der Waals surface area contributed by atoms with Crippen LogP contribution in [0.15, 0.2) is 29.1 Å². The standard InChI is InChI=1S/C12H11NO3/c1-13-11-4-3-9(16-2)6-10(11)8(7-14)5-12(13)15/h3-7H,1-2H3. The maximum Gasteiger partial charge on any atom is 0.251 e. The summed E-state index contributed by atoms with van der Waals surface area (Å²) < 4.78 is 6.59. The Hall–Kier alpha value is -2.10. The van der Waals surface area contributed by atoms with Gasteiger partial charge < -0.3 is 9.30 Å². The van der Waals surface area contributed by atoms with Crippen LogP contribution in [-0.2, 0) is 7.05 Å². The number of aryl methyl sites for hydroxylation is 1. The van der Waals surface area contributed by atoms with Gasteiger partial charge in [0, 0.05) is 24.1 Å². The third-order valence-electron chi connectivity index (χ3n) is 2.61. The van der Waals surface area contributed by atoms with Crippen LogP contribution in [-0.4, -0.2) is 18.0 Å². The zero-order valence-electron chi connectivity index (χ0n) is 9.06. The van der Waals surface area contributed by atoms with Crippen LogP contribution in [0.3, 0.4) is 0 Å². The maximum atomic E-state index is 11.5. The zero-order chi connectivity index (χ0) is 11.7. The maximum absolute atomic E-state index is 11.5. The molecule has 4 heteroatoms. The Balaban J connectivity index is 2.93. The summed E-state index contributed by atoms with van der Waals surface area (Å²) in [6.07, 6.45) is 0.684. The van der Waals surface area contributed by atoms with Crippen LogP contribution >= 0.6 is 0 Å². The van der Waals surface area contributed by atoms with Gasteiger partial charge in [-0.2, -0.15) is 0 Å². The van der Waals surface area contributed by atoms with Crippen LogP contribution < -0.4 is 10.3 Å². The number of rotatable bonds is 2. The third-order valence-corrected chi connectivity index (χ3v) is 2.61. The Labute approximate surface area is 92.1 Å². The zero-order valence-corrected chi connectivity index (χ0v) is 9.06. The summed E-state index contributed by atoms with van der Waals surface area (Å²) in [6, 6.07) is 6.60. The molecule has 2 rings (SSSR count). The summed E-state index contributed by atoms with van der Waals surface area (Å²) in [5, 5.41) is 0.719. The van der Waals surface area contributed by atoms with Gasteiger partial charge in [-0.3, -0.25) is 9.59 Å². The molecule has 0 amide bonds. The molecule has 0 unspecified atom stereocenters. The number of ether oxygens (including phenoxy) is 1. The van der Waals surface area contributed by atoms with Gasteiger partial charge in [0.15, 0.2) is 6.29 Å². The number of aldehydes is 1. The van der Waals surface area contributed by atoms with Crippen molar-refractivity contribution in [2.24, 2.45) is 7.05 Å². The van der Waals surface area contributed by atoms with Crippen molar-refractivity contribution in [1.29, 1.82) is 0 Å². The summed E-state index contributed by atoms with van der Waals surface area (Å²) in [5.41, 5.74) is 0.909. The molecule has 0 fully saturated rings. The van der Waals surface area contributed by atoms with Gasteiger partial charge in [0.25, 0.3) is 5.56 Å². The summed E-state index contributed by atoms with van der Waals surface area (Å²) >= 11 is 0. The molecule has 1 heterocycles. The molecule has 0 aliphatic heterocycles. The average molecular weight is 217 g/mol. The number of methoxy groups -OCH3 is 1. The molecule has 2 aromatic rings. The number of pyridine rings is 1. The van der Waals surface area contributed by atoms with E-state index < -0.39 is 0 Å². The van der Waals surface area contributed by atoms with Crippen LogP contribution in [0.4, 0.5) is 0 Å². The topological polar surface area (TPSA) is 48.3 Å². The van der Waals surface area contributed by atoms with Gasteiger partial charge in [0.1, 0.15) is 5.75 Å². The van der Waals surface area contributed by atoms with Crippen LogP contribution in [0.25, 0.3) is 10.9 Å². The number of carbonyl (C=O) groups excluding carboxylic acids is 1. The minimum Gasteiger partial charge on any atom is -0.497 e. The molecule has 1 aromatic heterocycles. The molecule has 0 aliphatic rings. The molecule has 0 radical (unpaired) electrons. The van der Waals surface area contributed by atoms with Crippen molar-refractivity contribution >= 4 is 17.2 Å². The molecular formula is C12H11NO3. The fraction of sp³-hybridized carbons (Fsp3) is 0.167. The van der Waals surface area contributed by atoms with Gasteiger partial charge in [-0.05, 0) is 18.2 Å². The van der Waals surface area contributed by atoms with Crippen molar-refractivity contribution < 1.29 is 9.53 Å².